The van der Waals surface area contributed by atoms with Crippen molar-refractivity contribution in [3.8, 4) is 0 Å². The van der Waals surface area contributed by atoms with Crippen LogP contribution in [0.4, 0.5) is 0 Å². The lowest BCUT2D eigenvalue weighted by Crippen LogP contribution is -2.37. The highest BCUT2D eigenvalue weighted by Crippen LogP contribution is 2.17. The molecule has 0 fully saturated rings. The summed E-state index contributed by atoms with van der Waals surface area (Å²) in [6.07, 6.45) is 0.406. The minimum absolute atomic E-state index is 0.0112. The molecule has 292 valence electrons. The lowest BCUT2D eigenvalue weighted by atomic mass is 9.88. The number of rotatable bonds is 34. The van der Waals surface area contributed by atoms with E-state index in [0.717, 1.165) is 0 Å². The Kier molecular flexibility index (Phi) is 28.0. The molecule has 4 unspecified atom stereocenters. The maximum absolute atomic E-state index is 12.9. The lowest BCUT2D eigenvalue weighted by molar-refractivity contribution is -0.157. The normalized spacial score (nSPS) is 13.5. The number of aliphatic hydroxyl groups excluding tert-OH is 2. The van der Waals surface area contributed by atoms with Crippen molar-refractivity contribution in [2.45, 2.75) is 104 Å². The fourth-order valence-corrected chi connectivity index (χ4v) is 5.37. The molecule has 51 heavy (non-hydrogen) atoms. The predicted octanol–water partition coefficient (Wildman–Crippen LogP) is 1.52. The number of carbonyl (C=O) groups excluding carboxylic acids is 8. The van der Waals surface area contributed by atoms with Crippen molar-refractivity contribution in [3.63, 3.8) is 0 Å². The van der Waals surface area contributed by atoms with E-state index in [1.807, 2.05) is 0 Å². The number of ketones is 6. The first-order chi connectivity index (χ1) is 24.3. The zero-order valence-electron chi connectivity index (χ0n) is 30.2. The third-order valence-electron chi connectivity index (χ3n) is 7.57. The molecule has 4 atom stereocenters. The van der Waals surface area contributed by atoms with Gasteiger partial charge in [0.1, 0.15) is 42.5 Å². The Balaban J connectivity index is 4.45. The van der Waals surface area contributed by atoms with E-state index in [1.165, 1.54) is 18.7 Å². The van der Waals surface area contributed by atoms with E-state index in [-0.39, 0.29) is 119 Å². The van der Waals surface area contributed by atoms with Gasteiger partial charge in [-0.15, -0.1) is 0 Å². The molecule has 0 aliphatic heterocycles. The van der Waals surface area contributed by atoms with Gasteiger partial charge in [-0.05, 0) is 19.8 Å². The molecule has 0 aromatic carbocycles. The van der Waals surface area contributed by atoms with E-state index in [9.17, 15) is 48.6 Å². The van der Waals surface area contributed by atoms with Crippen LogP contribution < -0.4 is 5.73 Å². The highest BCUT2D eigenvalue weighted by atomic mass is 32.2. The molecule has 0 spiro atoms. The molecule has 0 saturated carbocycles. The zero-order chi connectivity index (χ0) is 38.6. The van der Waals surface area contributed by atoms with Gasteiger partial charge < -0.3 is 39.7 Å². The third kappa shape index (κ3) is 24.9. The fourth-order valence-electron chi connectivity index (χ4n) is 4.37. The topological polar surface area (TPSA) is 240 Å². The largest absolute Gasteiger partial charge is 0.462 e. The number of esters is 2. The number of ether oxygens (including phenoxy) is 4. The van der Waals surface area contributed by atoms with Crippen LogP contribution in [0.5, 0.6) is 0 Å². The number of thioether (sulfide) groups is 1. The first-order valence-corrected chi connectivity index (χ1v) is 18.6. The average Bonchev–Trinajstić information content (AvgIpc) is 3.11. The third-order valence-corrected chi connectivity index (χ3v) is 8.77. The van der Waals surface area contributed by atoms with E-state index in [2.05, 4.69) is 0 Å². The molecule has 0 bridgehead atoms. The highest BCUT2D eigenvalue weighted by molar-refractivity contribution is 7.99. The molecular weight excluding hydrogens is 690 g/mol. The molecule has 0 amide bonds. The second kappa shape index (κ2) is 29.7. The standard InChI is InChI=1S/C35H57NO14S/c1-4-34(45)49-21-29(50-35(46)5-2)22-51-23-30(36)33(44)17-26(19-38)32(43)16-25(18-37)31(42)9-7-14-48-20-28(41)8-6-13-47-15-12-27(40)11-10-24(3)39/h25-26,29-30,37-38H,4-23,36H2,1-3H3. The van der Waals surface area contributed by atoms with E-state index < -0.39 is 66.5 Å². The van der Waals surface area contributed by atoms with Crippen LogP contribution in [0.3, 0.4) is 0 Å². The smallest absolute Gasteiger partial charge is 0.305 e. The van der Waals surface area contributed by atoms with Crippen LogP contribution in [0.1, 0.15) is 91.4 Å². The Bertz CT molecular complexity index is 1110. The van der Waals surface area contributed by atoms with Crippen molar-refractivity contribution >= 4 is 58.4 Å². The van der Waals surface area contributed by atoms with Gasteiger partial charge in [-0.25, -0.2) is 0 Å². The molecule has 0 radical (unpaired) electrons. The van der Waals surface area contributed by atoms with Crippen molar-refractivity contribution in [2.75, 3.05) is 57.8 Å². The fraction of sp³-hybridized carbons (Fsp3) is 0.771. The van der Waals surface area contributed by atoms with E-state index in [4.69, 9.17) is 24.7 Å². The highest BCUT2D eigenvalue weighted by Gasteiger charge is 2.29. The van der Waals surface area contributed by atoms with Gasteiger partial charge in [0.25, 0.3) is 0 Å². The Hall–Kier alpha value is -2.89. The summed E-state index contributed by atoms with van der Waals surface area (Å²) in [5.41, 5.74) is 6.01. The maximum Gasteiger partial charge on any atom is 0.305 e. The van der Waals surface area contributed by atoms with E-state index in [1.54, 1.807) is 13.8 Å². The molecule has 0 rings (SSSR count). The van der Waals surface area contributed by atoms with Crippen molar-refractivity contribution in [1.29, 1.82) is 0 Å². The van der Waals surface area contributed by atoms with E-state index in [0.29, 0.717) is 13.0 Å². The quantitative estimate of drug-likeness (QED) is 0.0624. The summed E-state index contributed by atoms with van der Waals surface area (Å²) in [6, 6.07) is -1.000. The van der Waals surface area contributed by atoms with Gasteiger partial charge in [0.05, 0.1) is 25.9 Å². The minimum atomic E-state index is -1.11. The van der Waals surface area contributed by atoms with Crippen LogP contribution in [0, 0.1) is 11.8 Å². The van der Waals surface area contributed by atoms with Gasteiger partial charge in [0, 0.05) is 94.3 Å². The number of hydrogen-bond acceptors (Lipinski definition) is 16. The van der Waals surface area contributed by atoms with Crippen LogP contribution in [0.25, 0.3) is 0 Å². The Labute approximate surface area is 304 Å². The maximum atomic E-state index is 12.9. The van der Waals surface area contributed by atoms with Crippen LogP contribution >= 0.6 is 11.8 Å². The minimum Gasteiger partial charge on any atom is -0.462 e. The van der Waals surface area contributed by atoms with Gasteiger partial charge in [0.15, 0.2) is 11.6 Å². The second-order valence-corrected chi connectivity index (χ2v) is 13.2. The van der Waals surface area contributed by atoms with Gasteiger partial charge in [-0.3, -0.25) is 33.6 Å². The summed E-state index contributed by atoms with van der Waals surface area (Å²) < 4.78 is 21.0. The van der Waals surface area contributed by atoms with Crippen LogP contribution in [-0.2, 0) is 57.3 Å². The molecule has 0 aliphatic carbocycles. The van der Waals surface area contributed by atoms with E-state index >= 15 is 0 Å². The first-order valence-electron chi connectivity index (χ1n) is 17.4. The molecule has 4 N–H and O–H groups in total. The zero-order valence-corrected chi connectivity index (χ0v) is 31.0. The van der Waals surface area contributed by atoms with Gasteiger partial charge in [-0.1, -0.05) is 13.8 Å². The summed E-state index contributed by atoms with van der Waals surface area (Å²) in [7, 11) is 0. The number of hydrogen-bond donors (Lipinski definition) is 3. The average molecular weight is 748 g/mol. The number of carbonyl (C=O) groups is 8. The van der Waals surface area contributed by atoms with Crippen LogP contribution in [0.2, 0.25) is 0 Å². The number of nitrogens with two attached hydrogens (primary N) is 1. The Morgan fingerprint density at radius 2 is 1.27 bits per heavy atom. The Morgan fingerprint density at radius 3 is 1.90 bits per heavy atom. The van der Waals surface area contributed by atoms with Crippen molar-refractivity contribution in [1.82, 2.24) is 0 Å². The molecule has 0 aromatic rings. The van der Waals surface area contributed by atoms with Crippen LogP contribution in [0.15, 0.2) is 0 Å². The van der Waals surface area contributed by atoms with Gasteiger partial charge >= 0.3 is 11.9 Å². The SMILES string of the molecule is CCC(=O)OCC(CSCC(N)C(=O)CC(CO)C(=O)CC(CO)C(=O)CCCOCC(=O)CCCOCCC(=O)CCC(C)=O)OC(=O)CC. The van der Waals surface area contributed by atoms with Crippen molar-refractivity contribution < 1.29 is 67.5 Å². The lowest BCUT2D eigenvalue weighted by Gasteiger charge is -2.20. The summed E-state index contributed by atoms with van der Waals surface area (Å²) in [5, 5.41) is 19.5. The molecular formula is C35H57NO14S. The molecule has 0 aromatic heterocycles. The summed E-state index contributed by atoms with van der Waals surface area (Å²) in [5.74, 6) is -4.42. The summed E-state index contributed by atoms with van der Waals surface area (Å²) >= 11 is 1.20. The van der Waals surface area contributed by atoms with Crippen molar-refractivity contribution in [2.24, 2.45) is 17.6 Å². The molecule has 0 aliphatic rings. The Morgan fingerprint density at radius 1 is 0.667 bits per heavy atom. The first kappa shape index (κ1) is 48.1. The second-order valence-electron chi connectivity index (χ2n) is 12.1. The molecule has 0 saturated heterocycles. The van der Waals surface area contributed by atoms with Gasteiger partial charge in [-0.2, -0.15) is 11.8 Å². The van der Waals surface area contributed by atoms with Crippen molar-refractivity contribution in [3.05, 3.63) is 0 Å². The predicted molar refractivity (Wildman–Crippen MR) is 187 cm³/mol. The molecule has 15 nitrogen and oxygen atoms in total. The molecule has 16 heteroatoms. The monoisotopic (exact) mass is 747 g/mol. The summed E-state index contributed by atoms with van der Waals surface area (Å²) in [4.78, 5) is 95.9. The number of Topliss-reactive ketones (excluding diaryl/α,β-unsaturated/α-hetero) is 6. The summed E-state index contributed by atoms with van der Waals surface area (Å²) in [6.45, 7) is 3.80. The van der Waals surface area contributed by atoms with Crippen LogP contribution in [-0.4, -0.2) is 127 Å². The number of aliphatic hydroxyl groups is 2. The molecule has 0 heterocycles. The van der Waals surface area contributed by atoms with Gasteiger partial charge in [0.2, 0.25) is 0 Å².